The molecule has 0 spiro atoms. The number of hydrogen-bond acceptors (Lipinski definition) is 3. The molecule has 1 unspecified atom stereocenters. The number of hydrogen-bond donors (Lipinski definition) is 2. The highest BCUT2D eigenvalue weighted by atomic mass is 35.5. The second-order valence-electron chi connectivity index (χ2n) is 4.04. The topological polar surface area (TPSA) is 58.6 Å². The lowest BCUT2D eigenvalue weighted by molar-refractivity contribution is 0.0949. The van der Waals surface area contributed by atoms with Gasteiger partial charge in [0.1, 0.15) is 0 Å². The van der Waals surface area contributed by atoms with Crippen molar-refractivity contribution in [3.63, 3.8) is 0 Å². The fraction of sp³-hybridized carbons (Fsp3) is 0.462. The molecule has 100 valence electrons. The highest BCUT2D eigenvalue weighted by Gasteiger charge is 2.13. The molecule has 0 aliphatic carbocycles. The number of nitrogens with one attached hydrogen (secondary N) is 1. The van der Waals surface area contributed by atoms with Crippen molar-refractivity contribution in [1.82, 2.24) is 5.32 Å². The highest BCUT2D eigenvalue weighted by Crippen LogP contribution is 2.29. The zero-order chi connectivity index (χ0) is 13.5. The molecule has 5 heteroatoms. The van der Waals surface area contributed by atoms with Crippen molar-refractivity contribution in [2.24, 2.45) is 0 Å². The van der Waals surface area contributed by atoms with Gasteiger partial charge in [-0.15, -0.1) is 11.6 Å². The van der Waals surface area contributed by atoms with Crippen LogP contribution in [0, 0.1) is 0 Å². The van der Waals surface area contributed by atoms with Gasteiger partial charge in [-0.25, -0.2) is 0 Å². The van der Waals surface area contributed by atoms with E-state index in [4.69, 9.17) is 16.3 Å². The van der Waals surface area contributed by atoms with E-state index in [1.165, 1.54) is 7.11 Å². The molecule has 0 heterocycles. The first-order chi connectivity index (χ1) is 8.56. The van der Waals surface area contributed by atoms with Gasteiger partial charge in [-0.05, 0) is 31.9 Å². The quantitative estimate of drug-likeness (QED) is 0.617. The van der Waals surface area contributed by atoms with Gasteiger partial charge in [0, 0.05) is 11.9 Å². The number of phenolic OH excluding ortho intramolecular Hbond substituents is 1. The van der Waals surface area contributed by atoms with Crippen LogP contribution in [0.15, 0.2) is 18.2 Å². The van der Waals surface area contributed by atoms with Crippen LogP contribution in [0.1, 0.15) is 30.1 Å². The number of phenols is 1. The molecular weight excluding hydrogens is 254 g/mol. The molecule has 0 aromatic heterocycles. The summed E-state index contributed by atoms with van der Waals surface area (Å²) in [7, 11) is 1.44. The average molecular weight is 272 g/mol. The van der Waals surface area contributed by atoms with Gasteiger partial charge in [0.25, 0.3) is 5.91 Å². The molecule has 0 radical (unpaired) electrons. The summed E-state index contributed by atoms with van der Waals surface area (Å²) in [6, 6.07) is 4.81. The Hall–Kier alpha value is -1.42. The number of para-hydroxylation sites is 1. The lowest BCUT2D eigenvalue weighted by Gasteiger charge is -2.09. The molecule has 1 atom stereocenters. The van der Waals surface area contributed by atoms with Crippen LogP contribution in [-0.4, -0.2) is 30.0 Å². The minimum atomic E-state index is -0.311. The fourth-order valence-electron chi connectivity index (χ4n) is 1.55. The van der Waals surface area contributed by atoms with Crippen LogP contribution in [0.2, 0.25) is 0 Å². The number of ether oxygens (including phenoxy) is 1. The summed E-state index contributed by atoms with van der Waals surface area (Å²) in [6.07, 6.45) is 1.65. The fourth-order valence-corrected chi connectivity index (χ4v) is 1.71. The van der Waals surface area contributed by atoms with Crippen LogP contribution >= 0.6 is 11.6 Å². The van der Waals surface area contributed by atoms with Crippen molar-refractivity contribution in [2.75, 3.05) is 13.7 Å². The van der Waals surface area contributed by atoms with Gasteiger partial charge in [-0.2, -0.15) is 0 Å². The smallest absolute Gasteiger partial charge is 0.255 e. The number of carbonyl (C=O) groups excluding carboxylic acids is 1. The van der Waals surface area contributed by atoms with E-state index in [0.717, 1.165) is 12.8 Å². The van der Waals surface area contributed by atoms with E-state index in [0.29, 0.717) is 6.54 Å². The van der Waals surface area contributed by atoms with E-state index < -0.39 is 0 Å². The third-order valence-electron chi connectivity index (χ3n) is 2.53. The summed E-state index contributed by atoms with van der Waals surface area (Å²) >= 11 is 5.81. The normalized spacial score (nSPS) is 11.9. The van der Waals surface area contributed by atoms with E-state index in [1.54, 1.807) is 18.2 Å². The van der Waals surface area contributed by atoms with E-state index in [1.807, 2.05) is 6.92 Å². The van der Waals surface area contributed by atoms with Crippen LogP contribution in [0.4, 0.5) is 0 Å². The third kappa shape index (κ3) is 4.11. The molecule has 4 nitrogen and oxygen atoms in total. The lowest BCUT2D eigenvalue weighted by atomic mass is 10.1. The van der Waals surface area contributed by atoms with Gasteiger partial charge in [-0.3, -0.25) is 4.79 Å². The lowest BCUT2D eigenvalue weighted by Crippen LogP contribution is -2.24. The van der Waals surface area contributed by atoms with Gasteiger partial charge in [-0.1, -0.05) is 6.07 Å². The minimum Gasteiger partial charge on any atom is -0.504 e. The van der Waals surface area contributed by atoms with Crippen molar-refractivity contribution in [3.05, 3.63) is 23.8 Å². The number of aromatic hydroxyl groups is 1. The maximum atomic E-state index is 11.8. The summed E-state index contributed by atoms with van der Waals surface area (Å²) in [5, 5.41) is 12.6. The number of methoxy groups -OCH3 is 1. The number of carbonyl (C=O) groups is 1. The molecule has 0 aliphatic rings. The van der Waals surface area contributed by atoms with Crippen molar-refractivity contribution in [2.45, 2.75) is 25.1 Å². The molecule has 1 aromatic rings. The summed E-state index contributed by atoms with van der Waals surface area (Å²) in [4.78, 5) is 11.8. The second-order valence-corrected chi connectivity index (χ2v) is 4.78. The summed E-state index contributed by atoms with van der Waals surface area (Å²) in [5.74, 6) is -0.158. The zero-order valence-corrected chi connectivity index (χ0v) is 11.3. The van der Waals surface area contributed by atoms with E-state index in [9.17, 15) is 9.90 Å². The first-order valence-corrected chi connectivity index (χ1v) is 6.28. The summed E-state index contributed by atoms with van der Waals surface area (Å²) in [6.45, 7) is 2.45. The number of rotatable bonds is 6. The standard InChI is InChI=1S/C13H18ClNO3/c1-9(14)5-4-8-15-13(17)10-6-3-7-11(18-2)12(10)16/h3,6-7,9,16H,4-5,8H2,1-2H3,(H,15,17). The largest absolute Gasteiger partial charge is 0.504 e. The Morgan fingerprint density at radius 3 is 2.89 bits per heavy atom. The first kappa shape index (κ1) is 14.6. The zero-order valence-electron chi connectivity index (χ0n) is 10.6. The Balaban J connectivity index is 2.56. The molecular formula is C13H18ClNO3. The average Bonchev–Trinajstić information content (AvgIpc) is 2.34. The van der Waals surface area contributed by atoms with Gasteiger partial charge in [0.15, 0.2) is 11.5 Å². The predicted octanol–water partition coefficient (Wildman–Crippen LogP) is 2.54. The monoisotopic (exact) mass is 271 g/mol. The van der Waals surface area contributed by atoms with Crippen LogP contribution in [-0.2, 0) is 0 Å². The van der Waals surface area contributed by atoms with Crippen LogP contribution < -0.4 is 10.1 Å². The highest BCUT2D eigenvalue weighted by molar-refractivity contribution is 6.20. The molecule has 18 heavy (non-hydrogen) atoms. The number of benzene rings is 1. The van der Waals surface area contributed by atoms with E-state index in [2.05, 4.69) is 5.32 Å². The van der Waals surface area contributed by atoms with Gasteiger partial charge in [0.2, 0.25) is 0 Å². The Morgan fingerprint density at radius 1 is 1.56 bits per heavy atom. The van der Waals surface area contributed by atoms with Crippen molar-refractivity contribution >= 4 is 17.5 Å². The van der Waals surface area contributed by atoms with Gasteiger partial charge < -0.3 is 15.2 Å². The third-order valence-corrected chi connectivity index (χ3v) is 2.75. The molecule has 1 rings (SSSR count). The van der Waals surface area contributed by atoms with E-state index >= 15 is 0 Å². The molecule has 2 N–H and O–H groups in total. The van der Waals surface area contributed by atoms with E-state index in [-0.39, 0.29) is 28.3 Å². The Morgan fingerprint density at radius 2 is 2.28 bits per heavy atom. The predicted molar refractivity (Wildman–Crippen MR) is 71.5 cm³/mol. The van der Waals surface area contributed by atoms with Crippen LogP contribution in [0.25, 0.3) is 0 Å². The van der Waals surface area contributed by atoms with Crippen molar-refractivity contribution in [3.8, 4) is 11.5 Å². The number of amides is 1. The van der Waals surface area contributed by atoms with Crippen LogP contribution in [0.5, 0.6) is 11.5 Å². The minimum absolute atomic E-state index is 0.104. The summed E-state index contributed by atoms with van der Waals surface area (Å²) < 4.78 is 4.95. The Labute approximate surface area is 112 Å². The number of alkyl halides is 1. The number of halogens is 1. The van der Waals surface area contributed by atoms with Gasteiger partial charge >= 0.3 is 0 Å². The molecule has 0 aliphatic heterocycles. The molecule has 0 fully saturated rings. The van der Waals surface area contributed by atoms with Gasteiger partial charge in [0.05, 0.1) is 12.7 Å². The maximum absolute atomic E-state index is 11.8. The molecule has 1 aromatic carbocycles. The molecule has 0 saturated carbocycles. The van der Waals surface area contributed by atoms with Crippen molar-refractivity contribution in [1.29, 1.82) is 0 Å². The summed E-state index contributed by atoms with van der Waals surface area (Å²) in [5.41, 5.74) is 0.216. The second kappa shape index (κ2) is 7.11. The first-order valence-electron chi connectivity index (χ1n) is 5.84. The molecule has 0 bridgehead atoms. The SMILES string of the molecule is COc1cccc(C(=O)NCCCC(C)Cl)c1O. The van der Waals surface area contributed by atoms with Crippen LogP contribution in [0.3, 0.4) is 0 Å². The van der Waals surface area contributed by atoms with Crippen molar-refractivity contribution < 1.29 is 14.6 Å². The molecule has 0 saturated heterocycles. The Kier molecular flexibility index (Phi) is 5.78. The molecule has 1 amide bonds. The Bertz CT molecular complexity index is 407. The maximum Gasteiger partial charge on any atom is 0.255 e.